The third-order valence-electron chi connectivity index (χ3n) is 4.18. The maximum atomic E-state index is 11.8. The molecule has 0 spiro atoms. The quantitative estimate of drug-likeness (QED) is 0.204. The van der Waals surface area contributed by atoms with Gasteiger partial charge in [-0.25, -0.2) is 4.79 Å². The smallest absolute Gasteiger partial charge is 0.331 e. The standard InChI is InChI=1S/C21H18N4O7S/c1-30-17-7-6-13(8-14(17)12-32-16-5-3-4-15(9-16)25(28)29)11-22-24-21-23-20(27)18(33-21)10-19(26)31-2/h3-11H,12H2,1-2H3,(H,23,24,27)/b18-10+,22-11?. The number of nitrogens with zero attached hydrogens (tertiary/aromatic N) is 3. The van der Waals surface area contributed by atoms with Gasteiger partial charge in [0.1, 0.15) is 18.1 Å². The van der Waals surface area contributed by atoms with E-state index in [1.807, 2.05) is 0 Å². The molecule has 1 saturated heterocycles. The SMILES string of the molecule is COC(=O)/C=C1/S/C(=N\N=Cc2ccc(OC)c(COc3cccc([N+](=O)[O-])c3)c2)NC1=O. The molecule has 1 heterocycles. The predicted molar refractivity (Wildman–Crippen MR) is 121 cm³/mol. The number of rotatable bonds is 8. The van der Waals surface area contributed by atoms with E-state index in [0.29, 0.717) is 22.6 Å². The van der Waals surface area contributed by atoms with Crippen LogP contribution in [0.3, 0.4) is 0 Å². The number of thioether (sulfide) groups is 1. The van der Waals surface area contributed by atoms with Crippen molar-refractivity contribution >= 4 is 40.7 Å². The molecule has 0 aromatic heterocycles. The molecular formula is C21H18N4O7S. The molecule has 0 radical (unpaired) electrons. The number of esters is 1. The number of benzene rings is 2. The molecule has 0 atom stereocenters. The lowest BCUT2D eigenvalue weighted by atomic mass is 10.1. The van der Waals surface area contributed by atoms with E-state index in [2.05, 4.69) is 20.3 Å². The van der Waals surface area contributed by atoms with Crippen LogP contribution in [0, 0.1) is 10.1 Å². The maximum absolute atomic E-state index is 11.8. The lowest BCUT2D eigenvalue weighted by molar-refractivity contribution is -0.384. The van der Waals surface area contributed by atoms with Gasteiger partial charge in [0.2, 0.25) is 0 Å². The molecule has 1 aliphatic heterocycles. The van der Waals surface area contributed by atoms with Gasteiger partial charge in [-0.3, -0.25) is 20.2 Å². The summed E-state index contributed by atoms with van der Waals surface area (Å²) in [7, 11) is 2.74. The fourth-order valence-corrected chi connectivity index (χ4v) is 3.37. The van der Waals surface area contributed by atoms with Crippen LogP contribution in [-0.4, -0.2) is 42.4 Å². The zero-order valence-electron chi connectivity index (χ0n) is 17.5. The monoisotopic (exact) mass is 470 g/mol. The van der Waals surface area contributed by atoms with E-state index in [4.69, 9.17) is 9.47 Å². The molecule has 33 heavy (non-hydrogen) atoms. The minimum absolute atomic E-state index is 0.0686. The molecule has 170 valence electrons. The summed E-state index contributed by atoms with van der Waals surface area (Å²) in [5.41, 5.74) is 1.30. The average molecular weight is 470 g/mol. The number of carbonyl (C=O) groups excluding carboxylic acids is 2. The second kappa shape index (κ2) is 10.9. The Labute approximate surface area is 192 Å². The summed E-state index contributed by atoms with van der Waals surface area (Å²) in [5.74, 6) is -0.193. The molecule has 3 rings (SSSR count). The summed E-state index contributed by atoms with van der Waals surface area (Å²) in [6.45, 7) is 0.105. The fraction of sp³-hybridized carbons (Fsp3) is 0.143. The van der Waals surface area contributed by atoms with Crippen LogP contribution in [0.2, 0.25) is 0 Å². The molecule has 0 saturated carbocycles. The Morgan fingerprint density at radius 2 is 2.06 bits per heavy atom. The Morgan fingerprint density at radius 1 is 1.24 bits per heavy atom. The van der Waals surface area contributed by atoms with Gasteiger partial charge in [-0.05, 0) is 41.6 Å². The van der Waals surface area contributed by atoms with Crippen molar-refractivity contribution in [1.82, 2.24) is 5.32 Å². The lowest BCUT2D eigenvalue weighted by Crippen LogP contribution is -2.19. The fourth-order valence-electron chi connectivity index (χ4n) is 2.63. The first-order valence-electron chi connectivity index (χ1n) is 9.33. The molecule has 1 aliphatic rings. The second-order valence-corrected chi connectivity index (χ2v) is 7.38. The van der Waals surface area contributed by atoms with Gasteiger partial charge < -0.3 is 14.2 Å². The number of amidine groups is 1. The number of methoxy groups -OCH3 is 2. The summed E-state index contributed by atoms with van der Waals surface area (Å²) < 4.78 is 15.5. The molecule has 0 bridgehead atoms. The van der Waals surface area contributed by atoms with Crippen LogP contribution < -0.4 is 14.8 Å². The number of nitro benzene ring substituents is 1. The van der Waals surface area contributed by atoms with Crippen LogP contribution in [0.5, 0.6) is 11.5 Å². The van der Waals surface area contributed by atoms with Crippen molar-refractivity contribution in [3.8, 4) is 11.5 Å². The second-order valence-electron chi connectivity index (χ2n) is 6.35. The minimum Gasteiger partial charge on any atom is -0.496 e. The van der Waals surface area contributed by atoms with Gasteiger partial charge in [-0.1, -0.05) is 6.07 Å². The Balaban J connectivity index is 1.70. The third-order valence-corrected chi connectivity index (χ3v) is 5.08. The highest BCUT2D eigenvalue weighted by atomic mass is 32.2. The minimum atomic E-state index is -0.643. The van der Waals surface area contributed by atoms with Crippen molar-refractivity contribution in [3.05, 3.63) is 74.7 Å². The van der Waals surface area contributed by atoms with Gasteiger partial charge in [-0.15, -0.1) is 5.10 Å². The van der Waals surface area contributed by atoms with Gasteiger partial charge in [0.05, 0.1) is 36.3 Å². The number of nitro groups is 1. The third kappa shape index (κ3) is 6.40. The highest BCUT2D eigenvalue weighted by Gasteiger charge is 2.25. The Hall–Kier alpha value is -4.19. The number of hydrogen-bond acceptors (Lipinski definition) is 10. The number of nitrogens with one attached hydrogen (secondary N) is 1. The molecule has 1 amide bonds. The highest BCUT2D eigenvalue weighted by molar-refractivity contribution is 8.18. The zero-order chi connectivity index (χ0) is 23.8. The van der Waals surface area contributed by atoms with Crippen LogP contribution in [0.25, 0.3) is 0 Å². The Morgan fingerprint density at radius 3 is 2.79 bits per heavy atom. The molecule has 2 aromatic rings. The topological polar surface area (TPSA) is 142 Å². The van der Waals surface area contributed by atoms with Crippen molar-refractivity contribution < 1.29 is 28.7 Å². The first-order valence-corrected chi connectivity index (χ1v) is 10.2. The van der Waals surface area contributed by atoms with E-state index in [1.165, 1.54) is 32.6 Å². The molecule has 1 fully saturated rings. The summed E-state index contributed by atoms with van der Waals surface area (Å²) in [5, 5.41) is 21.5. The zero-order valence-corrected chi connectivity index (χ0v) is 18.3. The molecule has 0 aliphatic carbocycles. The summed E-state index contributed by atoms with van der Waals surface area (Å²) in [4.78, 5) is 33.7. The molecular weight excluding hydrogens is 452 g/mol. The summed E-state index contributed by atoms with van der Waals surface area (Å²) in [6, 6.07) is 11.1. The predicted octanol–water partition coefficient (Wildman–Crippen LogP) is 2.79. The van der Waals surface area contributed by atoms with E-state index < -0.39 is 16.8 Å². The van der Waals surface area contributed by atoms with Crippen LogP contribution in [0.15, 0.2) is 63.6 Å². The van der Waals surface area contributed by atoms with Gasteiger partial charge in [0, 0.05) is 17.7 Å². The number of ether oxygens (including phenoxy) is 3. The first-order chi connectivity index (χ1) is 15.9. The Bertz CT molecular complexity index is 1180. The van der Waals surface area contributed by atoms with Crippen LogP contribution in [0.1, 0.15) is 11.1 Å². The van der Waals surface area contributed by atoms with Crippen molar-refractivity contribution in [2.75, 3.05) is 14.2 Å². The van der Waals surface area contributed by atoms with Crippen molar-refractivity contribution in [2.24, 2.45) is 10.2 Å². The van der Waals surface area contributed by atoms with Crippen molar-refractivity contribution in [1.29, 1.82) is 0 Å². The number of non-ortho nitro benzene ring substituents is 1. The molecule has 11 nitrogen and oxygen atoms in total. The first kappa shape index (κ1) is 23.5. The van der Waals surface area contributed by atoms with Gasteiger partial charge in [0.15, 0.2) is 5.17 Å². The van der Waals surface area contributed by atoms with Crippen LogP contribution >= 0.6 is 11.8 Å². The van der Waals surface area contributed by atoms with Crippen LogP contribution in [-0.2, 0) is 20.9 Å². The van der Waals surface area contributed by atoms with E-state index >= 15 is 0 Å². The number of carbonyl (C=O) groups is 2. The molecule has 1 N–H and O–H groups in total. The number of hydrogen-bond donors (Lipinski definition) is 1. The molecule has 2 aromatic carbocycles. The van der Waals surface area contributed by atoms with Gasteiger partial charge >= 0.3 is 5.97 Å². The van der Waals surface area contributed by atoms with Crippen LogP contribution in [0.4, 0.5) is 5.69 Å². The highest BCUT2D eigenvalue weighted by Crippen LogP contribution is 2.25. The largest absolute Gasteiger partial charge is 0.496 e. The summed E-state index contributed by atoms with van der Waals surface area (Å²) >= 11 is 0.964. The lowest BCUT2D eigenvalue weighted by Gasteiger charge is -2.11. The van der Waals surface area contributed by atoms with E-state index in [9.17, 15) is 19.7 Å². The van der Waals surface area contributed by atoms with Crippen molar-refractivity contribution in [2.45, 2.75) is 6.61 Å². The van der Waals surface area contributed by atoms with Gasteiger partial charge in [-0.2, -0.15) is 5.10 Å². The Kier molecular flexibility index (Phi) is 7.76. The van der Waals surface area contributed by atoms with E-state index in [1.54, 1.807) is 30.3 Å². The van der Waals surface area contributed by atoms with E-state index in [-0.39, 0.29) is 22.4 Å². The molecule has 12 heteroatoms. The summed E-state index contributed by atoms with van der Waals surface area (Å²) in [6.07, 6.45) is 2.54. The molecule has 0 unspecified atom stereocenters. The maximum Gasteiger partial charge on any atom is 0.331 e. The number of amides is 1. The normalized spacial score (nSPS) is 15.6. The van der Waals surface area contributed by atoms with Crippen molar-refractivity contribution in [3.63, 3.8) is 0 Å². The average Bonchev–Trinajstić information content (AvgIpc) is 3.16. The van der Waals surface area contributed by atoms with E-state index in [0.717, 1.165) is 17.8 Å². The van der Waals surface area contributed by atoms with Gasteiger partial charge in [0.25, 0.3) is 11.6 Å².